The molecule has 2 saturated heterocycles. The van der Waals surface area contributed by atoms with Gasteiger partial charge in [0.1, 0.15) is 31.1 Å². The second-order valence-electron chi connectivity index (χ2n) is 12.6. The highest BCUT2D eigenvalue weighted by molar-refractivity contribution is 7.99. The SMILES string of the molecule is C.CCC(C)n1ncn(-c2ccc(N3CCN(c4ccc(OCC5COC(CSc6nncn6C)(c6ccc(Cl)cc6)O5)cc4)CC3)cc2)c1=O. The fraction of sp³-hybridized carbons (Fsp3) is 0.405. The Bertz CT molecular complexity index is 1920. The summed E-state index contributed by atoms with van der Waals surface area (Å²) in [5.74, 6) is 0.319. The van der Waals surface area contributed by atoms with E-state index in [1.54, 1.807) is 21.9 Å². The lowest BCUT2D eigenvalue weighted by Crippen LogP contribution is -2.46. The van der Waals surface area contributed by atoms with Gasteiger partial charge in [-0.05, 0) is 74.0 Å². The molecule has 0 radical (unpaired) electrons. The Labute approximate surface area is 307 Å². The third-order valence-corrected chi connectivity index (χ3v) is 10.7. The fourth-order valence-electron chi connectivity index (χ4n) is 6.18. The van der Waals surface area contributed by atoms with E-state index in [2.05, 4.69) is 56.3 Å². The van der Waals surface area contributed by atoms with Gasteiger partial charge in [-0.25, -0.2) is 14.0 Å². The van der Waals surface area contributed by atoms with Gasteiger partial charge in [-0.1, -0.05) is 49.8 Å². The van der Waals surface area contributed by atoms with Crippen LogP contribution in [0.25, 0.3) is 5.69 Å². The van der Waals surface area contributed by atoms with Gasteiger partial charge >= 0.3 is 5.69 Å². The van der Waals surface area contributed by atoms with E-state index in [1.165, 1.54) is 11.8 Å². The summed E-state index contributed by atoms with van der Waals surface area (Å²) < 4.78 is 24.1. The first-order valence-electron chi connectivity index (χ1n) is 16.9. The summed E-state index contributed by atoms with van der Waals surface area (Å²) in [6.45, 7) is 8.40. The lowest BCUT2D eigenvalue weighted by atomic mass is 10.1. The smallest absolute Gasteiger partial charge is 0.350 e. The summed E-state index contributed by atoms with van der Waals surface area (Å²) in [7, 11) is 1.91. The Morgan fingerprint density at radius 1 is 0.941 bits per heavy atom. The molecule has 3 unspecified atom stereocenters. The number of nitrogens with zero attached hydrogens (tertiary/aromatic N) is 8. The highest BCUT2D eigenvalue weighted by Crippen LogP contribution is 2.39. The molecule has 12 nitrogen and oxygen atoms in total. The van der Waals surface area contributed by atoms with Crippen molar-refractivity contribution in [1.82, 2.24) is 29.1 Å². The summed E-state index contributed by atoms with van der Waals surface area (Å²) in [5.41, 5.74) is 3.90. The van der Waals surface area contributed by atoms with Gasteiger partial charge in [0.15, 0.2) is 5.16 Å². The van der Waals surface area contributed by atoms with Crippen molar-refractivity contribution < 1.29 is 14.2 Å². The second-order valence-corrected chi connectivity index (χ2v) is 14.0. The van der Waals surface area contributed by atoms with Crippen LogP contribution < -0.4 is 20.2 Å². The van der Waals surface area contributed by atoms with E-state index in [1.807, 2.05) is 67.1 Å². The van der Waals surface area contributed by atoms with Crippen molar-refractivity contribution in [3.63, 3.8) is 0 Å². The van der Waals surface area contributed by atoms with Crippen LogP contribution >= 0.6 is 23.4 Å². The Hall–Kier alpha value is -4.30. The third kappa shape index (κ3) is 7.96. The molecule has 2 aliphatic heterocycles. The Morgan fingerprint density at radius 3 is 2.18 bits per heavy atom. The zero-order valence-corrected chi connectivity index (χ0v) is 30.0. The van der Waals surface area contributed by atoms with Crippen molar-refractivity contribution >= 4 is 34.7 Å². The number of aromatic nitrogens is 6. The highest BCUT2D eigenvalue weighted by atomic mass is 35.5. The maximum absolute atomic E-state index is 12.8. The standard InChI is InChI=1S/C36H41ClN8O4S.CH4/c1-4-26(2)45-35(46)44(25-39-45)31-11-9-29(10-12-31)42-17-19-43(20-18-42)30-13-15-32(16-14-30)47-21-33-22-48-36(49-33,27-5-7-28(37)8-6-27)23-50-34-40-38-24-41(34)3;/h5-16,24-26,33H,4,17-23H2,1-3H3;1H4. The predicted octanol–water partition coefficient (Wildman–Crippen LogP) is 6.19. The minimum atomic E-state index is -0.958. The molecule has 14 heteroatoms. The molecule has 2 aliphatic rings. The lowest BCUT2D eigenvalue weighted by Gasteiger charge is -2.37. The number of ether oxygens (including phenoxy) is 3. The topological polar surface area (TPSA) is 105 Å². The van der Waals surface area contributed by atoms with E-state index in [0.717, 1.165) is 66.1 Å². The summed E-state index contributed by atoms with van der Waals surface area (Å²) in [5, 5.41) is 13.9. The van der Waals surface area contributed by atoms with Crippen molar-refractivity contribution in [2.75, 3.05) is 54.9 Å². The average molecular weight is 733 g/mol. The van der Waals surface area contributed by atoms with E-state index < -0.39 is 5.79 Å². The molecule has 3 atom stereocenters. The molecule has 5 aromatic rings. The number of halogens is 1. The van der Waals surface area contributed by atoms with Gasteiger partial charge in [-0.2, -0.15) is 5.10 Å². The molecule has 2 fully saturated rings. The summed E-state index contributed by atoms with van der Waals surface area (Å²) >= 11 is 7.70. The highest BCUT2D eigenvalue weighted by Gasteiger charge is 2.44. The quantitative estimate of drug-likeness (QED) is 0.138. The molecular weight excluding hydrogens is 688 g/mol. The zero-order chi connectivity index (χ0) is 34.7. The molecule has 4 heterocycles. The molecule has 0 bridgehead atoms. The average Bonchev–Trinajstić information content (AvgIpc) is 3.88. The first kappa shape index (κ1) is 36.5. The van der Waals surface area contributed by atoms with Crippen LogP contribution in [0, 0.1) is 0 Å². The molecule has 51 heavy (non-hydrogen) atoms. The minimum Gasteiger partial charge on any atom is -0.491 e. The predicted molar refractivity (Wildman–Crippen MR) is 202 cm³/mol. The van der Waals surface area contributed by atoms with Crippen LogP contribution in [0.2, 0.25) is 5.02 Å². The number of benzene rings is 3. The fourth-order valence-corrected chi connectivity index (χ4v) is 7.30. The molecule has 0 N–H and O–H groups in total. The maximum Gasteiger partial charge on any atom is 0.350 e. The van der Waals surface area contributed by atoms with Gasteiger partial charge in [0.05, 0.1) is 24.1 Å². The van der Waals surface area contributed by atoms with Crippen molar-refractivity contribution in [3.05, 3.63) is 107 Å². The number of anilines is 2. The molecule has 0 saturated carbocycles. The maximum atomic E-state index is 12.8. The number of hydrogen-bond acceptors (Lipinski definition) is 10. The number of aryl methyl sites for hydroxylation is 1. The second kappa shape index (κ2) is 15.9. The van der Waals surface area contributed by atoms with Crippen molar-refractivity contribution in [2.24, 2.45) is 7.05 Å². The largest absolute Gasteiger partial charge is 0.491 e. The Morgan fingerprint density at radius 2 is 1.57 bits per heavy atom. The van der Waals surface area contributed by atoms with Crippen molar-refractivity contribution in [1.29, 1.82) is 0 Å². The van der Waals surface area contributed by atoms with Gasteiger partial charge in [0.25, 0.3) is 0 Å². The lowest BCUT2D eigenvalue weighted by molar-refractivity contribution is -0.160. The molecule has 7 rings (SSSR count). The molecule has 0 aliphatic carbocycles. The van der Waals surface area contributed by atoms with Crippen molar-refractivity contribution in [3.8, 4) is 11.4 Å². The van der Waals surface area contributed by atoms with Crippen LogP contribution in [0.4, 0.5) is 11.4 Å². The van der Waals surface area contributed by atoms with Crippen LogP contribution in [0.15, 0.2) is 95.4 Å². The Balaban J connectivity index is 0.00000448. The first-order chi connectivity index (χ1) is 24.3. The number of thioether (sulfide) groups is 1. The van der Waals surface area contributed by atoms with Crippen LogP contribution in [0.3, 0.4) is 0 Å². The van der Waals surface area contributed by atoms with Crippen molar-refractivity contribution in [2.45, 2.75) is 50.8 Å². The zero-order valence-electron chi connectivity index (χ0n) is 28.4. The molecule has 270 valence electrons. The molecule has 0 amide bonds. The number of hydrogen-bond donors (Lipinski definition) is 0. The van der Waals surface area contributed by atoms with Crippen LogP contribution in [0.1, 0.15) is 39.3 Å². The van der Waals surface area contributed by atoms with Gasteiger partial charge in [0, 0.05) is 55.2 Å². The van der Waals surface area contributed by atoms with Gasteiger partial charge < -0.3 is 28.6 Å². The van der Waals surface area contributed by atoms with Gasteiger partial charge in [-0.15, -0.1) is 10.2 Å². The first-order valence-corrected chi connectivity index (χ1v) is 18.2. The summed E-state index contributed by atoms with van der Waals surface area (Å²) in [6.07, 6.45) is 3.88. The molecular formula is C37H45ClN8O4S. The molecule has 0 spiro atoms. The summed E-state index contributed by atoms with van der Waals surface area (Å²) in [4.78, 5) is 17.6. The number of rotatable bonds is 12. The van der Waals surface area contributed by atoms with E-state index in [0.29, 0.717) is 24.0 Å². The van der Waals surface area contributed by atoms with E-state index in [4.69, 9.17) is 25.8 Å². The Kier molecular flexibility index (Phi) is 11.4. The molecule has 3 aromatic carbocycles. The van der Waals surface area contributed by atoms with Crippen LogP contribution in [0.5, 0.6) is 5.75 Å². The van der Waals surface area contributed by atoms with E-state index in [9.17, 15) is 4.79 Å². The normalized spacial score (nSPS) is 19.6. The number of piperazine rings is 1. The van der Waals surface area contributed by atoms with E-state index in [-0.39, 0.29) is 25.3 Å². The monoisotopic (exact) mass is 732 g/mol. The van der Waals surface area contributed by atoms with Crippen LogP contribution in [-0.2, 0) is 22.3 Å². The summed E-state index contributed by atoms with van der Waals surface area (Å²) in [6, 6.07) is 24.0. The van der Waals surface area contributed by atoms with Gasteiger partial charge in [0.2, 0.25) is 5.79 Å². The minimum absolute atomic E-state index is 0. The molecule has 2 aromatic heterocycles. The van der Waals surface area contributed by atoms with E-state index >= 15 is 0 Å². The third-order valence-electron chi connectivity index (χ3n) is 9.32. The van der Waals surface area contributed by atoms with Gasteiger partial charge in [-0.3, -0.25) is 0 Å². The van der Waals surface area contributed by atoms with Crippen LogP contribution in [-0.4, -0.2) is 80.4 Å².